The summed E-state index contributed by atoms with van der Waals surface area (Å²) < 4.78 is 31.6. The van der Waals surface area contributed by atoms with E-state index < -0.39 is 77.8 Å². The lowest BCUT2D eigenvalue weighted by atomic mass is 9.77. The number of cyclic esters (lactones) is 1. The quantitative estimate of drug-likeness (QED) is 0.181. The number of piperidine rings is 1. The Hall–Kier alpha value is -4.26. The van der Waals surface area contributed by atoms with Gasteiger partial charge in [-0.05, 0) is 117 Å². The van der Waals surface area contributed by atoms with Crippen LogP contribution < -0.4 is 0 Å². The van der Waals surface area contributed by atoms with E-state index in [-0.39, 0.29) is 60.9 Å². The summed E-state index contributed by atoms with van der Waals surface area (Å²) in [5, 5.41) is 35.2. The SMILES string of the molecule is COC1C(=O)[C@H](C)C[C@H](C)C=C/C=C\C=C(/C)[C@@H](OC)C[C@@H]2CC[C@@H](C)[C@@](O)(O2)C(=O)C(=O)N2CCCC[C@H]2C(=O)O[C@H]([C@H](C)C[C@@H]2CC[C@@H](n3cnnn3)[C@H](OC)C2)CC(=O)[C@H](C)/C=C(\C)[C@H]1O. The number of ketones is 3. The zero-order valence-corrected chi connectivity index (χ0v) is 42.5. The number of fused-ring (bicyclic) bond motifs is 3. The van der Waals surface area contributed by atoms with Crippen molar-refractivity contribution >= 4 is 29.2 Å². The minimum atomic E-state index is -2.43. The van der Waals surface area contributed by atoms with Crippen molar-refractivity contribution in [2.75, 3.05) is 27.9 Å². The Bertz CT molecular complexity index is 2020. The first-order valence-corrected chi connectivity index (χ1v) is 25.0. The summed E-state index contributed by atoms with van der Waals surface area (Å²) in [6.07, 6.45) is 13.9. The molecule has 2 N–H and O–H groups in total. The molecule has 15 atom stereocenters. The average molecular weight is 966 g/mol. The maximum absolute atomic E-state index is 14.5. The Morgan fingerprint density at radius 2 is 1.64 bits per heavy atom. The van der Waals surface area contributed by atoms with Gasteiger partial charge in [0.25, 0.3) is 11.7 Å². The van der Waals surface area contributed by atoms with E-state index in [9.17, 15) is 34.2 Å². The molecule has 17 nitrogen and oxygen atoms in total. The van der Waals surface area contributed by atoms with E-state index in [4.69, 9.17) is 23.7 Å². The Kier molecular flexibility index (Phi) is 20.8. The Labute approximate surface area is 408 Å². The zero-order valence-electron chi connectivity index (χ0n) is 42.5. The number of carbonyl (C=O) groups excluding carboxylic acids is 5. The monoisotopic (exact) mass is 966 g/mol. The van der Waals surface area contributed by atoms with Gasteiger partial charge in [-0.1, -0.05) is 71.1 Å². The van der Waals surface area contributed by atoms with Gasteiger partial charge in [0.15, 0.2) is 5.78 Å². The molecular weight excluding hydrogens is 887 g/mol. The smallest absolute Gasteiger partial charge is 0.329 e. The molecule has 0 radical (unpaired) electrons. The number of nitrogens with zero attached hydrogens (tertiary/aromatic N) is 5. The molecule has 3 fully saturated rings. The van der Waals surface area contributed by atoms with E-state index in [2.05, 4.69) is 15.5 Å². The van der Waals surface area contributed by atoms with Crippen molar-refractivity contribution in [1.82, 2.24) is 25.1 Å². The van der Waals surface area contributed by atoms with Crippen LogP contribution in [-0.4, -0.2) is 141 Å². The molecule has 5 rings (SSSR count). The predicted octanol–water partition coefficient (Wildman–Crippen LogP) is 6.05. The van der Waals surface area contributed by atoms with Gasteiger partial charge in [-0.2, -0.15) is 0 Å². The number of aromatic nitrogens is 4. The van der Waals surface area contributed by atoms with Crippen LogP contribution in [0, 0.1) is 35.5 Å². The topological polar surface area (TPSA) is 219 Å². The van der Waals surface area contributed by atoms with Crippen molar-refractivity contribution in [3.05, 3.63) is 53.9 Å². The Morgan fingerprint density at radius 1 is 0.884 bits per heavy atom. The first-order valence-electron chi connectivity index (χ1n) is 25.0. The molecule has 1 aliphatic carbocycles. The molecule has 1 amide bonds. The van der Waals surface area contributed by atoms with Gasteiger partial charge in [-0.15, -0.1) is 5.10 Å². The van der Waals surface area contributed by atoms with Crippen LogP contribution in [0.3, 0.4) is 0 Å². The lowest BCUT2D eigenvalue weighted by Crippen LogP contribution is -2.61. The van der Waals surface area contributed by atoms with Gasteiger partial charge in [0, 0.05) is 58.5 Å². The lowest BCUT2D eigenvalue weighted by Gasteiger charge is -2.42. The minimum Gasteiger partial charge on any atom is -0.460 e. The number of hydrogen-bond donors (Lipinski definition) is 2. The van der Waals surface area contributed by atoms with Crippen molar-refractivity contribution in [3.63, 3.8) is 0 Å². The lowest BCUT2D eigenvalue weighted by molar-refractivity contribution is -0.265. The molecule has 0 aromatic carbocycles. The highest BCUT2D eigenvalue weighted by Crippen LogP contribution is 2.39. The van der Waals surface area contributed by atoms with E-state index in [1.54, 1.807) is 52.1 Å². The number of aliphatic hydroxyl groups is 2. The number of rotatable bonds is 7. The number of allylic oxidation sites excluding steroid dienone is 6. The Balaban J connectivity index is 1.46. The average Bonchev–Trinajstić information content (AvgIpc) is 3.88. The standard InChI is InChI=1S/C52H79N5O12/c1-31-16-12-11-13-17-32(2)43(65-8)28-39-21-19-37(7)52(64,69-39)49(61)50(62)56-23-15-14-18-41(56)51(63)68-44(34(4)26-38-20-22-40(45(27-38)66-9)57-30-53-54-55-57)29-42(58)33(3)25-36(6)47(60)48(67-10)46(59)35(5)24-31/h11-13,16-17,25,30-31,33-35,37-41,43-45,47-48,60,64H,14-15,18-24,26-29H2,1-10H3/b13-11-,16-12?,32-17+,36-25+/t31-,33-,34-,35-,37-,38+,39+,40-,41+,43+,44+,45-,47-,48?,52-/m1/s1. The molecule has 384 valence electrons. The summed E-state index contributed by atoms with van der Waals surface area (Å²) in [6, 6.07) is -1.19. The maximum Gasteiger partial charge on any atom is 0.329 e. The predicted molar refractivity (Wildman–Crippen MR) is 256 cm³/mol. The van der Waals surface area contributed by atoms with E-state index in [0.717, 1.165) is 18.4 Å². The molecule has 1 unspecified atom stereocenters. The van der Waals surface area contributed by atoms with Gasteiger partial charge in [-0.25, -0.2) is 9.48 Å². The van der Waals surface area contributed by atoms with Gasteiger partial charge in [-0.3, -0.25) is 19.2 Å². The number of tetrazole rings is 1. The van der Waals surface area contributed by atoms with Crippen molar-refractivity contribution in [1.29, 1.82) is 0 Å². The zero-order chi connectivity index (χ0) is 50.6. The summed E-state index contributed by atoms with van der Waals surface area (Å²) >= 11 is 0. The van der Waals surface area contributed by atoms with Crippen LogP contribution in [0.4, 0.5) is 0 Å². The summed E-state index contributed by atoms with van der Waals surface area (Å²) in [5.41, 5.74) is 1.27. The van der Waals surface area contributed by atoms with Crippen LogP contribution in [0.5, 0.6) is 0 Å². The second-order valence-corrected chi connectivity index (χ2v) is 20.4. The molecule has 2 saturated heterocycles. The molecular formula is C52H79N5O12. The van der Waals surface area contributed by atoms with E-state index in [1.165, 1.54) is 12.0 Å². The summed E-state index contributed by atoms with van der Waals surface area (Å²) in [5.74, 6) is -7.92. The highest BCUT2D eigenvalue weighted by Gasteiger charge is 2.53. The van der Waals surface area contributed by atoms with Gasteiger partial charge in [0.2, 0.25) is 5.79 Å². The molecule has 1 aromatic rings. The summed E-state index contributed by atoms with van der Waals surface area (Å²) in [6.45, 7) is 12.8. The molecule has 69 heavy (non-hydrogen) atoms. The summed E-state index contributed by atoms with van der Waals surface area (Å²) in [7, 11) is 4.62. The van der Waals surface area contributed by atoms with Gasteiger partial charge < -0.3 is 38.8 Å². The van der Waals surface area contributed by atoms with Crippen LogP contribution in [0.25, 0.3) is 0 Å². The van der Waals surface area contributed by atoms with Crippen molar-refractivity contribution in [2.45, 2.75) is 180 Å². The third kappa shape index (κ3) is 14.2. The van der Waals surface area contributed by atoms with Crippen molar-refractivity contribution in [2.24, 2.45) is 35.5 Å². The molecule has 17 heteroatoms. The van der Waals surface area contributed by atoms with Crippen LogP contribution in [0.1, 0.15) is 132 Å². The van der Waals surface area contributed by atoms with E-state index in [1.807, 2.05) is 58.1 Å². The number of amides is 1. The van der Waals surface area contributed by atoms with Crippen LogP contribution in [0.15, 0.2) is 53.9 Å². The number of ether oxygens (including phenoxy) is 5. The third-order valence-corrected chi connectivity index (χ3v) is 15.2. The van der Waals surface area contributed by atoms with E-state index >= 15 is 0 Å². The molecule has 4 heterocycles. The van der Waals surface area contributed by atoms with E-state index in [0.29, 0.717) is 56.9 Å². The summed E-state index contributed by atoms with van der Waals surface area (Å²) in [4.78, 5) is 72.3. The maximum atomic E-state index is 14.5. The second kappa shape index (κ2) is 25.7. The van der Waals surface area contributed by atoms with Gasteiger partial charge in [0.1, 0.15) is 36.5 Å². The highest BCUT2D eigenvalue weighted by molar-refractivity contribution is 6.39. The Morgan fingerprint density at radius 3 is 2.32 bits per heavy atom. The number of hydrogen-bond acceptors (Lipinski definition) is 15. The van der Waals surface area contributed by atoms with Crippen LogP contribution in [-0.2, 0) is 47.7 Å². The fourth-order valence-corrected chi connectivity index (χ4v) is 10.7. The van der Waals surface area contributed by atoms with Crippen LogP contribution >= 0.6 is 0 Å². The molecule has 4 aliphatic rings. The van der Waals surface area contributed by atoms with Gasteiger partial charge >= 0.3 is 5.97 Å². The largest absolute Gasteiger partial charge is 0.460 e. The van der Waals surface area contributed by atoms with Crippen LogP contribution in [0.2, 0.25) is 0 Å². The molecule has 2 bridgehead atoms. The normalized spacial score (nSPS) is 38.3. The molecule has 3 aliphatic heterocycles. The van der Waals surface area contributed by atoms with Crippen molar-refractivity contribution < 1.29 is 57.9 Å². The second-order valence-electron chi connectivity index (χ2n) is 20.4. The number of methoxy groups -OCH3 is 3. The first-order chi connectivity index (χ1) is 32.8. The van der Waals surface area contributed by atoms with Crippen molar-refractivity contribution in [3.8, 4) is 0 Å². The van der Waals surface area contributed by atoms with Gasteiger partial charge in [0.05, 0.1) is 24.4 Å². The number of esters is 1. The fraction of sp³-hybridized carbons (Fsp3) is 0.731. The molecule has 0 spiro atoms. The highest BCUT2D eigenvalue weighted by atomic mass is 16.6. The number of Topliss-reactive ketones (excluding diaryl/α,β-unsaturated/α-hetero) is 3. The minimum absolute atomic E-state index is 0.0170. The first kappa shape index (κ1) is 55.7. The fourth-order valence-electron chi connectivity index (χ4n) is 10.7. The number of aliphatic hydroxyl groups excluding tert-OH is 1. The molecule has 1 saturated carbocycles. The third-order valence-electron chi connectivity index (χ3n) is 15.2. The number of carbonyl (C=O) groups is 5. The molecule has 1 aromatic heterocycles.